The molecular weight excluding hydrogens is 276 g/mol. The molecule has 0 saturated heterocycles. The maximum atomic E-state index is 12.0. The Bertz CT molecular complexity index is 549. The van der Waals surface area contributed by atoms with E-state index in [1.807, 2.05) is 0 Å². The molecule has 1 N–H and O–H groups in total. The molecule has 0 radical (unpaired) electrons. The van der Waals surface area contributed by atoms with Crippen LogP contribution >= 0.6 is 11.6 Å². The lowest BCUT2D eigenvalue weighted by molar-refractivity contribution is 0.0739. The van der Waals surface area contributed by atoms with Crippen molar-refractivity contribution in [1.29, 1.82) is 0 Å². The third kappa shape index (κ3) is 2.74. The number of hydrogen-bond donors (Lipinski definition) is 1. The Morgan fingerprint density at radius 3 is 2.80 bits per heavy atom. The van der Waals surface area contributed by atoms with Crippen LogP contribution in [0.5, 0.6) is 0 Å². The highest BCUT2D eigenvalue weighted by atomic mass is 35.5. The van der Waals surface area contributed by atoms with Crippen molar-refractivity contribution in [2.24, 2.45) is 0 Å². The van der Waals surface area contributed by atoms with Gasteiger partial charge in [0.2, 0.25) is 0 Å². The average Bonchev–Trinajstić information content (AvgIpc) is 2.36. The average molecular weight is 297 g/mol. The standard InChI is InChI=1S/C14H21ClN4O/c1-4-8-19-13(20)12(15)11(9-17-19)16-10-14(18(2)3)6-5-7-14/h4,9,16H,1,5-8,10H2,2-3H3. The zero-order valence-corrected chi connectivity index (χ0v) is 12.8. The molecule has 0 amide bonds. The summed E-state index contributed by atoms with van der Waals surface area (Å²) in [6, 6.07) is 0. The molecule has 1 aliphatic rings. The highest BCUT2D eigenvalue weighted by Gasteiger charge is 2.38. The zero-order chi connectivity index (χ0) is 14.8. The van der Waals surface area contributed by atoms with Crippen LogP contribution in [0.4, 0.5) is 5.69 Å². The van der Waals surface area contributed by atoms with Crippen LogP contribution in [0.15, 0.2) is 23.6 Å². The summed E-state index contributed by atoms with van der Waals surface area (Å²) in [4.78, 5) is 14.2. The Balaban J connectivity index is 2.12. The molecule has 0 aromatic carbocycles. The molecule has 1 heterocycles. The van der Waals surface area contributed by atoms with Crippen molar-refractivity contribution >= 4 is 17.3 Å². The number of nitrogens with one attached hydrogen (secondary N) is 1. The summed E-state index contributed by atoms with van der Waals surface area (Å²) in [7, 11) is 4.17. The predicted octanol–water partition coefficient (Wildman–Crippen LogP) is 1.98. The van der Waals surface area contributed by atoms with Crippen LogP contribution in [-0.4, -0.2) is 40.9 Å². The number of likely N-dealkylation sites (N-methyl/N-ethyl adjacent to an activating group) is 1. The smallest absolute Gasteiger partial charge is 0.287 e. The van der Waals surface area contributed by atoms with Crippen LogP contribution in [0.25, 0.3) is 0 Å². The molecule has 2 rings (SSSR count). The van der Waals surface area contributed by atoms with Gasteiger partial charge < -0.3 is 10.2 Å². The minimum atomic E-state index is -0.288. The van der Waals surface area contributed by atoms with E-state index < -0.39 is 0 Å². The maximum absolute atomic E-state index is 12.0. The van der Waals surface area contributed by atoms with E-state index in [0.29, 0.717) is 12.2 Å². The lowest BCUT2D eigenvalue weighted by atomic mass is 9.75. The van der Waals surface area contributed by atoms with Crippen molar-refractivity contribution in [3.8, 4) is 0 Å². The molecule has 20 heavy (non-hydrogen) atoms. The Morgan fingerprint density at radius 2 is 2.30 bits per heavy atom. The van der Waals surface area contributed by atoms with Crippen molar-refractivity contribution in [2.45, 2.75) is 31.3 Å². The lowest BCUT2D eigenvalue weighted by Crippen LogP contribution is -2.54. The summed E-state index contributed by atoms with van der Waals surface area (Å²) in [5.74, 6) is 0. The van der Waals surface area contributed by atoms with Gasteiger partial charge in [0.15, 0.2) is 0 Å². The van der Waals surface area contributed by atoms with Gasteiger partial charge in [0.25, 0.3) is 5.56 Å². The number of rotatable bonds is 6. The van der Waals surface area contributed by atoms with Gasteiger partial charge in [-0.2, -0.15) is 5.10 Å². The predicted molar refractivity (Wildman–Crippen MR) is 82.5 cm³/mol. The summed E-state index contributed by atoms with van der Waals surface area (Å²) in [5, 5.41) is 7.55. The van der Waals surface area contributed by atoms with Crippen molar-refractivity contribution in [3.05, 3.63) is 34.2 Å². The fourth-order valence-electron chi connectivity index (χ4n) is 2.47. The van der Waals surface area contributed by atoms with Crippen molar-refractivity contribution in [2.75, 3.05) is 26.0 Å². The lowest BCUT2D eigenvalue weighted by Gasteiger charge is -2.47. The van der Waals surface area contributed by atoms with Gasteiger partial charge >= 0.3 is 0 Å². The van der Waals surface area contributed by atoms with Crippen molar-refractivity contribution in [3.63, 3.8) is 0 Å². The van der Waals surface area contributed by atoms with E-state index in [4.69, 9.17) is 11.6 Å². The van der Waals surface area contributed by atoms with E-state index in [0.717, 1.165) is 19.4 Å². The van der Waals surface area contributed by atoms with Crippen molar-refractivity contribution < 1.29 is 0 Å². The second kappa shape index (κ2) is 5.97. The van der Waals surface area contributed by atoms with E-state index in [9.17, 15) is 4.79 Å². The van der Waals surface area contributed by atoms with Crippen LogP contribution in [0.2, 0.25) is 5.02 Å². The first-order chi connectivity index (χ1) is 9.50. The summed E-state index contributed by atoms with van der Waals surface area (Å²) in [5.41, 5.74) is 0.480. The topological polar surface area (TPSA) is 50.2 Å². The first kappa shape index (κ1) is 15.1. The Hall–Kier alpha value is -1.33. The summed E-state index contributed by atoms with van der Waals surface area (Å²) >= 11 is 6.12. The number of aromatic nitrogens is 2. The van der Waals surface area contributed by atoms with Gasteiger partial charge in [0.05, 0.1) is 18.4 Å². The molecule has 5 nitrogen and oxygen atoms in total. The second-order valence-electron chi connectivity index (χ2n) is 5.47. The monoisotopic (exact) mass is 296 g/mol. The highest BCUT2D eigenvalue weighted by Crippen LogP contribution is 2.36. The van der Waals surface area contributed by atoms with Gasteiger partial charge in [0.1, 0.15) is 5.02 Å². The molecule has 1 fully saturated rings. The van der Waals surface area contributed by atoms with Gasteiger partial charge in [-0.15, -0.1) is 6.58 Å². The fourth-order valence-corrected chi connectivity index (χ4v) is 2.68. The minimum absolute atomic E-state index is 0.166. The van der Waals surface area contributed by atoms with Crippen molar-refractivity contribution in [1.82, 2.24) is 14.7 Å². The Kier molecular flexibility index (Phi) is 4.50. The van der Waals surface area contributed by atoms with Crippen LogP contribution in [-0.2, 0) is 6.54 Å². The van der Waals surface area contributed by atoms with Crippen LogP contribution in [0, 0.1) is 0 Å². The van der Waals surface area contributed by atoms with Gasteiger partial charge in [-0.1, -0.05) is 17.7 Å². The van der Waals surface area contributed by atoms with Gasteiger partial charge in [-0.05, 0) is 33.4 Å². The number of halogens is 1. The fraction of sp³-hybridized carbons (Fsp3) is 0.571. The maximum Gasteiger partial charge on any atom is 0.287 e. The van der Waals surface area contributed by atoms with Gasteiger partial charge in [-0.25, -0.2) is 4.68 Å². The Labute approximate surface area is 124 Å². The molecule has 0 bridgehead atoms. The molecule has 0 spiro atoms. The molecule has 0 unspecified atom stereocenters. The quantitative estimate of drug-likeness (QED) is 0.816. The molecule has 1 aromatic rings. The normalized spacial score (nSPS) is 16.8. The SMILES string of the molecule is C=CCn1ncc(NCC2(N(C)C)CCC2)c(Cl)c1=O. The van der Waals surface area contributed by atoms with Crippen LogP contribution in [0.1, 0.15) is 19.3 Å². The molecule has 1 saturated carbocycles. The van der Waals surface area contributed by atoms with E-state index in [-0.39, 0.29) is 16.1 Å². The summed E-state index contributed by atoms with van der Waals surface area (Å²) < 4.78 is 1.30. The van der Waals surface area contributed by atoms with Crippen LogP contribution < -0.4 is 10.9 Å². The second-order valence-corrected chi connectivity index (χ2v) is 5.85. The summed E-state index contributed by atoms with van der Waals surface area (Å²) in [6.45, 7) is 4.72. The first-order valence-corrected chi connectivity index (χ1v) is 7.16. The number of nitrogens with zero attached hydrogens (tertiary/aromatic N) is 3. The van der Waals surface area contributed by atoms with Gasteiger partial charge in [0, 0.05) is 12.1 Å². The van der Waals surface area contributed by atoms with Crippen LogP contribution in [0.3, 0.4) is 0 Å². The first-order valence-electron chi connectivity index (χ1n) is 6.78. The third-order valence-electron chi connectivity index (χ3n) is 4.13. The molecule has 1 aliphatic carbocycles. The van der Waals surface area contributed by atoms with E-state index in [2.05, 4.69) is 36.0 Å². The Morgan fingerprint density at radius 1 is 1.60 bits per heavy atom. The molecule has 110 valence electrons. The molecule has 6 heteroatoms. The molecule has 1 aromatic heterocycles. The molecule has 0 aliphatic heterocycles. The highest BCUT2D eigenvalue weighted by molar-refractivity contribution is 6.32. The van der Waals surface area contributed by atoms with E-state index >= 15 is 0 Å². The number of allylic oxidation sites excluding steroid dienone is 1. The van der Waals surface area contributed by atoms with E-state index in [1.54, 1.807) is 12.3 Å². The molecule has 0 atom stereocenters. The number of hydrogen-bond acceptors (Lipinski definition) is 4. The third-order valence-corrected chi connectivity index (χ3v) is 4.49. The minimum Gasteiger partial charge on any atom is -0.381 e. The summed E-state index contributed by atoms with van der Waals surface area (Å²) in [6.07, 6.45) is 6.78. The number of anilines is 1. The molecular formula is C14H21ClN4O. The van der Waals surface area contributed by atoms with E-state index in [1.165, 1.54) is 11.1 Å². The zero-order valence-electron chi connectivity index (χ0n) is 12.0. The largest absolute Gasteiger partial charge is 0.381 e. The van der Waals surface area contributed by atoms with Gasteiger partial charge in [-0.3, -0.25) is 4.79 Å².